The van der Waals surface area contributed by atoms with Crippen molar-refractivity contribution in [3.8, 4) is 0 Å². The normalized spacial score (nSPS) is 19.9. The van der Waals surface area contributed by atoms with Crippen molar-refractivity contribution in [1.29, 1.82) is 0 Å². The van der Waals surface area contributed by atoms with Gasteiger partial charge >= 0.3 is 0 Å². The standard InChI is InChI=1S/C11H12O2/c1-9(11(8-12)4-5-11)7-10-3-2-6-13-10/h2-3,6-8H,4-5H2,1H3/b9-7+. The van der Waals surface area contributed by atoms with Gasteiger partial charge in [0.25, 0.3) is 0 Å². The van der Waals surface area contributed by atoms with Crippen molar-refractivity contribution in [2.24, 2.45) is 5.41 Å². The zero-order valence-corrected chi connectivity index (χ0v) is 7.62. The molecule has 2 heteroatoms. The third-order valence-electron chi connectivity index (χ3n) is 2.70. The van der Waals surface area contributed by atoms with Crippen molar-refractivity contribution in [3.63, 3.8) is 0 Å². The molecule has 0 unspecified atom stereocenters. The van der Waals surface area contributed by atoms with E-state index < -0.39 is 0 Å². The first-order valence-electron chi connectivity index (χ1n) is 4.45. The molecule has 0 spiro atoms. The van der Waals surface area contributed by atoms with Crippen molar-refractivity contribution in [2.45, 2.75) is 19.8 Å². The van der Waals surface area contributed by atoms with Crippen LogP contribution in [0.4, 0.5) is 0 Å². The predicted octanol–water partition coefficient (Wildman–Crippen LogP) is 2.66. The third-order valence-corrected chi connectivity index (χ3v) is 2.70. The fraction of sp³-hybridized carbons (Fsp3) is 0.364. The first-order chi connectivity index (χ1) is 6.27. The lowest BCUT2D eigenvalue weighted by Gasteiger charge is -2.05. The molecular weight excluding hydrogens is 164 g/mol. The van der Waals surface area contributed by atoms with Gasteiger partial charge in [0.2, 0.25) is 0 Å². The zero-order chi connectivity index (χ0) is 9.31. The summed E-state index contributed by atoms with van der Waals surface area (Å²) in [5.41, 5.74) is 0.949. The van der Waals surface area contributed by atoms with Gasteiger partial charge in [0.1, 0.15) is 12.0 Å². The van der Waals surface area contributed by atoms with Crippen molar-refractivity contribution in [2.75, 3.05) is 0 Å². The zero-order valence-electron chi connectivity index (χ0n) is 7.62. The summed E-state index contributed by atoms with van der Waals surface area (Å²) in [4.78, 5) is 10.8. The van der Waals surface area contributed by atoms with E-state index in [0.717, 1.165) is 30.5 Å². The Morgan fingerprint density at radius 1 is 1.62 bits per heavy atom. The lowest BCUT2D eigenvalue weighted by Crippen LogP contribution is -2.02. The van der Waals surface area contributed by atoms with Gasteiger partial charge in [-0.25, -0.2) is 0 Å². The molecule has 1 aliphatic rings. The van der Waals surface area contributed by atoms with Gasteiger partial charge in [-0.15, -0.1) is 0 Å². The maximum absolute atomic E-state index is 10.8. The first-order valence-corrected chi connectivity index (χ1v) is 4.45. The number of aldehydes is 1. The topological polar surface area (TPSA) is 30.2 Å². The van der Waals surface area contributed by atoms with Crippen molar-refractivity contribution in [1.82, 2.24) is 0 Å². The summed E-state index contributed by atoms with van der Waals surface area (Å²) in [6, 6.07) is 3.74. The summed E-state index contributed by atoms with van der Waals surface area (Å²) in [5.74, 6) is 0.825. The smallest absolute Gasteiger partial charge is 0.130 e. The Kier molecular flexibility index (Phi) is 1.83. The van der Waals surface area contributed by atoms with E-state index in [1.165, 1.54) is 0 Å². The molecule has 1 aromatic heterocycles. The van der Waals surface area contributed by atoms with Crippen molar-refractivity contribution >= 4 is 12.4 Å². The highest BCUT2D eigenvalue weighted by molar-refractivity contribution is 5.72. The number of hydrogen-bond donors (Lipinski definition) is 0. The second-order valence-corrected chi connectivity index (χ2v) is 3.62. The molecule has 0 saturated heterocycles. The average Bonchev–Trinajstić information content (AvgIpc) is 2.79. The van der Waals surface area contributed by atoms with E-state index in [1.807, 2.05) is 25.1 Å². The lowest BCUT2D eigenvalue weighted by atomic mass is 9.98. The minimum atomic E-state index is -0.160. The van der Waals surface area contributed by atoms with Gasteiger partial charge in [-0.05, 0) is 38.0 Å². The van der Waals surface area contributed by atoms with Gasteiger partial charge in [-0.1, -0.05) is 5.57 Å². The van der Waals surface area contributed by atoms with Gasteiger partial charge in [0, 0.05) is 5.41 Å². The highest BCUT2D eigenvalue weighted by atomic mass is 16.3. The molecule has 0 atom stereocenters. The number of allylic oxidation sites excluding steroid dienone is 1. The summed E-state index contributed by atoms with van der Waals surface area (Å²) in [7, 11) is 0. The maximum atomic E-state index is 10.8. The van der Waals surface area contributed by atoms with E-state index in [2.05, 4.69) is 0 Å². The molecule has 68 valence electrons. The minimum Gasteiger partial charge on any atom is -0.465 e. The summed E-state index contributed by atoms with van der Waals surface area (Å²) in [6.45, 7) is 1.99. The summed E-state index contributed by atoms with van der Waals surface area (Å²) >= 11 is 0. The van der Waals surface area contributed by atoms with Crippen LogP contribution in [0.2, 0.25) is 0 Å². The number of hydrogen-bond acceptors (Lipinski definition) is 2. The molecule has 0 aromatic carbocycles. The lowest BCUT2D eigenvalue weighted by molar-refractivity contribution is -0.111. The van der Waals surface area contributed by atoms with E-state index in [4.69, 9.17) is 4.42 Å². The van der Waals surface area contributed by atoms with Gasteiger partial charge in [0.05, 0.1) is 6.26 Å². The molecule has 2 rings (SSSR count). The summed E-state index contributed by atoms with van der Waals surface area (Å²) in [6.07, 6.45) is 6.61. The minimum absolute atomic E-state index is 0.160. The van der Waals surface area contributed by atoms with Gasteiger partial charge < -0.3 is 9.21 Å². The molecule has 2 nitrogen and oxygen atoms in total. The molecule has 1 heterocycles. The second-order valence-electron chi connectivity index (χ2n) is 3.62. The van der Waals surface area contributed by atoms with E-state index >= 15 is 0 Å². The fourth-order valence-electron chi connectivity index (χ4n) is 1.47. The Bertz CT molecular complexity index is 329. The number of rotatable bonds is 3. The Hall–Kier alpha value is -1.31. The quantitative estimate of drug-likeness (QED) is 0.663. The molecule has 0 radical (unpaired) electrons. The molecule has 13 heavy (non-hydrogen) atoms. The Morgan fingerprint density at radius 2 is 2.38 bits per heavy atom. The van der Waals surface area contributed by atoms with E-state index in [1.54, 1.807) is 6.26 Å². The number of carbonyl (C=O) groups is 1. The Morgan fingerprint density at radius 3 is 2.85 bits per heavy atom. The van der Waals surface area contributed by atoms with Gasteiger partial charge in [-0.2, -0.15) is 0 Å². The van der Waals surface area contributed by atoms with E-state index in [9.17, 15) is 4.79 Å². The predicted molar refractivity (Wildman–Crippen MR) is 50.1 cm³/mol. The van der Waals surface area contributed by atoms with Crippen LogP contribution >= 0.6 is 0 Å². The number of furan rings is 1. The molecule has 0 aliphatic heterocycles. The van der Waals surface area contributed by atoms with Crippen LogP contribution < -0.4 is 0 Å². The molecule has 0 N–H and O–H groups in total. The van der Waals surface area contributed by atoms with Crippen LogP contribution in [0.1, 0.15) is 25.5 Å². The Labute approximate surface area is 77.2 Å². The second kappa shape index (κ2) is 2.87. The van der Waals surface area contributed by atoms with Crippen molar-refractivity contribution < 1.29 is 9.21 Å². The maximum Gasteiger partial charge on any atom is 0.130 e. The summed E-state index contributed by atoms with van der Waals surface area (Å²) < 4.78 is 5.18. The Balaban J connectivity index is 2.22. The highest BCUT2D eigenvalue weighted by Crippen LogP contribution is 2.50. The molecule has 1 aromatic rings. The monoisotopic (exact) mass is 176 g/mol. The molecule has 0 amide bonds. The van der Waals surface area contributed by atoms with Crippen LogP contribution in [0, 0.1) is 5.41 Å². The van der Waals surface area contributed by atoms with Crippen LogP contribution in [-0.4, -0.2) is 6.29 Å². The van der Waals surface area contributed by atoms with Crippen LogP contribution in [0.25, 0.3) is 6.08 Å². The van der Waals surface area contributed by atoms with Gasteiger partial charge in [-0.3, -0.25) is 0 Å². The number of carbonyl (C=O) groups excluding carboxylic acids is 1. The third kappa shape index (κ3) is 1.44. The largest absolute Gasteiger partial charge is 0.465 e. The first kappa shape index (κ1) is 8.30. The molecule has 1 aliphatic carbocycles. The molecule has 1 saturated carbocycles. The fourth-order valence-corrected chi connectivity index (χ4v) is 1.47. The highest BCUT2D eigenvalue weighted by Gasteiger charge is 2.44. The SMILES string of the molecule is C/C(=C\c1ccco1)C1(C=O)CC1. The van der Waals surface area contributed by atoms with Gasteiger partial charge in [0.15, 0.2) is 0 Å². The average molecular weight is 176 g/mol. The van der Waals surface area contributed by atoms with E-state index in [-0.39, 0.29) is 5.41 Å². The molecule has 1 fully saturated rings. The molecule has 0 bridgehead atoms. The van der Waals surface area contributed by atoms with Crippen LogP contribution in [0.5, 0.6) is 0 Å². The van der Waals surface area contributed by atoms with Crippen molar-refractivity contribution in [3.05, 3.63) is 29.7 Å². The van der Waals surface area contributed by atoms with Crippen LogP contribution in [-0.2, 0) is 4.79 Å². The van der Waals surface area contributed by atoms with E-state index in [0.29, 0.717) is 0 Å². The van der Waals surface area contributed by atoms with Crippen LogP contribution in [0.15, 0.2) is 28.4 Å². The summed E-state index contributed by atoms with van der Waals surface area (Å²) in [5, 5.41) is 0. The van der Waals surface area contributed by atoms with Crippen LogP contribution in [0.3, 0.4) is 0 Å². The molecular formula is C11H12O2.